The van der Waals surface area contributed by atoms with Crippen molar-refractivity contribution in [2.75, 3.05) is 26.9 Å². The average Bonchev–Trinajstić information content (AvgIpc) is 3.12. The minimum Gasteiger partial charge on any atom is -0.495 e. The van der Waals surface area contributed by atoms with Crippen LogP contribution < -0.4 is 10.1 Å². The van der Waals surface area contributed by atoms with E-state index in [1.54, 1.807) is 7.11 Å². The van der Waals surface area contributed by atoms with E-state index in [0.29, 0.717) is 43.4 Å². The third-order valence-electron chi connectivity index (χ3n) is 6.16. The molecular formula is C24H28ClN3O3. The maximum Gasteiger partial charge on any atom is 0.230 e. The van der Waals surface area contributed by atoms with Gasteiger partial charge in [0.2, 0.25) is 5.91 Å². The van der Waals surface area contributed by atoms with Crippen LogP contribution in [0.25, 0.3) is 10.9 Å². The number of hydrogen-bond donors (Lipinski definition) is 1. The van der Waals surface area contributed by atoms with Gasteiger partial charge in [0.1, 0.15) is 5.75 Å². The van der Waals surface area contributed by atoms with Crippen molar-refractivity contribution in [3.8, 4) is 5.75 Å². The van der Waals surface area contributed by atoms with E-state index >= 15 is 0 Å². The Labute approximate surface area is 187 Å². The van der Waals surface area contributed by atoms with E-state index in [9.17, 15) is 4.79 Å². The van der Waals surface area contributed by atoms with E-state index in [-0.39, 0.29) is 5.91 Å². The van der Waals surface area contributed by atoms with Gasteiger partial charge in [0.25, 0.3) is 0 Å². The first-order valence-corrected chi connectivity index (χ1v) is 11.1. The molecule has 0 atom stereocenters. The van der Waals surface area contributed by atoms with Crippen LogP contribution in [0.4, 0.5) is 0 Å². The van der Waals surface area contributed by atoms with Crippen molar-refractivity contribution in [3.63, 3.8) is 0 Å². The largest absolute Gasteiger partial charge is 0.495 e. The van der Waals surface area contributed by atoms with Gasteiger partial charge in [-0.1, -0.05) is 35.9 Å². The van der Waals surface area contributed by atoms with Crippen molar-refractivity contribution >= 4 is 28.4 Å². The minimum absolute atomic E-state index is 0.0264. The Kier molecular flexibility index (Phi) is 6.49. The highest BCUT2D eigenvalue weighted by Crippen LogP contribution is 2.38. The van der Waals surface area contributed by atoms with Gasteiger partial charge in [-0.2, -0.15) is 5.10 Å². The molecule has 2 heterocycles. The first kappa shape index (κ1) is 21.7. The van der Waals surface area contributed by atoms with Crippen LogP contribution in [0.3, 0.4) is 0 Å². The molecule has 1 fully saturated rings. The smallest absolute Gasteiger partial charge is 0.230 e. The maximum atomic E-state index is 13.4. The lowest BCUT2D eigenvalue weighted by Gasteiger charge is -2.36. The van der Waals surface area contributed by atoms with Crippen LogP contribution >= 0.6 is 11.6 Å². The molecule has 0 saturated carbocycles. The quantitative estimate of drug-likeness (QED) is 0.556. The average molecular weight is 442 g/mol. The lowest BCUT2D eigenvalue weighted by Crippen LogP contribution is -2.48. The highest BCUT2D eigenvalue weighted by Gasteiger charge is 2.41. The number of rotatable bonds is 7. The number of aryl methyl sites for hydroxylation is 2. The minimum atomic E-state index is -0.636. The summed E-state index contributed by atoms with van der Waals surface area (Å²) in [7, 11) is 1.59. The normalized spacial score (nSPS) is 15.7. The second-order valence-electron chi connectivity index (χ2n) is 7.98. The summed E-state index contributed by atoms with van der Waals surface area (Å²) >= 11 is 6.36. The second kappa shape index (κ2) is 9.28. The van der Waals surface area contributed by atoms with Crippen LogP contribution in [-0.2, 0) is 21.5 Å². The molecule has 2 aromatic carbocycles. The topological polar surface area (TPSA) is 65.4 Å². The number of nitrogens with one attached hydrogen (secondary N) is 1. The molecular weight excluding hydrogens is 414 g/mol. The van der Waals surface area contributed by atoms with Gasteiger partial charge in [-0.15, -0.1) is 0 Å². The number of benzene rings is 2. The van der Waals surface area contributed by atoms with Crippen molar-refractivity contribution < 1.29 is 14.3 Å². The van der Waals surface area contributed by atoms with Crippen molar-refractivity contribution in [1.82, 2.24) is 15.1 Å². The van der Waals surface area contributed by atoms with E-state index < -0.39 is 5.41 Å². The Morgan fingerprint density at radius 1 is 1.26 bits per heavy atom. The van der Waals surface area contributed by atoms with Gasteiger partial charge < -0.3 is 14.8 Å². The van der Waals surface area contributed by atoms with Gasteiger partial charge in [0.15, 0.2) is 0 Å². The SMILES string of the molecule is COc1ccc(C2(C(=O)NCCCn3nc(C)c4ccccc43)CCOCC2)cc1Cl. The van der Waals surface area contributed by atoms with E-state index in [4.69, 9.17) is 21.1 Å². The van der Waals surface area contributed by atoms with Crippen LogP contribution in [0.15, 0.2) is 42.5 Å². The lowest BCUT2D eigenvalue weighted by atomic mass is 9.73. The molecule has 0 spiro atoms. The summed E-state index contributed by atoms with van der Waals surface area (Å²) in [5.74, 6) is 0.633. The fraction of sp³-hybridized carbons (Fsp3) is 0.417. The van der Waals surface area contributed by atoms with E-state index in [1.807, 2.05) is 41.9 Å². The third kappa shape index (κ3) is 4.27. The number of nitrogens with zero attached hydrogens (tertiary/aromatic N) is 2. The molecule has 1 aliphatic heterocycles. The number of carbonyl (C=O) groups is 1. The number of para-hydroxylation sites is 1. The molecule has 4 rings (SSSR count). The molecule has 0 aliphatic carbocycles. The Balaban J connectivity index is 1.44. The lowest BCUT2D eigenvalue weighted by molar-refractivity contribution is -0.130. The summed E-state index contributed by atoms with van der Waals surface area (Å²) in [5.41, 5.74) is 2.42. The van der Waals surface area contributed by atoms with Crippen molar-refractivity contribution in [3.05, 3.63) is 58.7 Å². The summed E-state index contributed by atoms with van der Waals surface area (Å²) in [6.45, 7) is 4.46. The Hall–Kier alpha value is -2.57. The molecule has 1 amide bonds. The monoisotopic (exact) mass is 441 g/mol. The number of hydrogen-bond acceptors (Lipinski definition) is 4. The third-order valence-corrected chi connectivity index (χ3v) is 6.46. The summed E-state index contributed by atoms with van der Waals surface area (Å²) in [4.78, 5) is 13.4. The van der Waals surface area contributed by atoms with Crippen LogP contribution in [0.1, 0.15) is 30.5 Å². The van der Waals surface area contributed by atoms with Crippen molar-refractivity contribution in [1.29, 1.82) is 0 Å². The van der Waals surface area contributed by atoms with Crippen molar-refractivity contribution in [2.45, 2.75) is 38.1 Å². The number of amides is 1. The first-order chi connectivity index (χ1) is 15.0. The second-order valence-corrected chi connectivity index (χ2v) is 8.39. The van der Waals surface area contributed by atoms with Gasteiger partial charge in [-0.05, 0) is 49.9 Å². The summed E-state index contributed by atoms with van der Waals surface area (Å²) in [6.07, 6.45) is 2.06. The number of methoxy groups -OCH3 is 1. The number of fused-ring (bicyclic) bond motifs is 1. The zero-order chi connectivity index (χ0) is 21.8. The fourth-order valence-electron chi connectivity index (χ4n) is 4.39. The molecule has 7 heteroatoms. The van der Waals surface area contributed by atoms with Gasteiger partial charge in [-0.3, -0.25) is 9.48 Å². The predicted molar refractivity (Wildman–Crippen MR) is 122 cm³/mol. The molecule has 0 bridgehead atoms. The summed E-state index contributed by atoms with van der Waals surface area (Å²) in [6, 6.07) is 13.8. The van der Waals surface area contributed by atoms with Crippen molar-refractivity contribution in [2.24, 2.45) is 0 Å². The van der Waals surface area contributed by atoms with Gasteiger partial charge in [-0.25, -0.2) is 0 Å². The Bertz CT molecular complexity index is 1070. The molecule has 1 aromatic heterocycles. The van der Waals surface area contributed by atoms with E-state index in [1.165, 1.54) is 5.39 Å². The maximum absolute atomic E-state index is 13.4. The number of carbonyl (C=O) groups excluding carboxylic acids is 1. The molecule has 31 heavy (non-hydrogen) atoms. The molecule has 6 nitrogen and oxygen atoms in total. The number of ether oxygens (including phenoxy) is 2. The molecule has 1 N–H and O–H groups in total. The summed E-state index contributed by atoms with van der Waals surface area (Å²) in [5, 5.41) is 9.48. The summed E-state index contributed by atoms with van der Waals surface area (Å²) < 4.78 is 12.8. The van der Waals surface area contributed by atoms with Crippen LogP contribution in [-0.4, -0.2) is 42.6 Å². The molecule has 1 saturated heterocycles. The standard InChI is InChI=1S/C24H28ClN3O3/c1-17-19-6-3-4-7-21(19)28(27-17)13-5-12-26-23(29)24(10-14-31-15-11-24)18-8-9-22(30-2)20(25)16-18/h3-4,6-9,16H,5,10-15H2,1-2H3,(H,26,29). The molecule has 3 aromatic rings. The van der Waals surface area contributed by atoms with Gasteiger partial charge in [0, 0.05) is 31.7 Å². The fourth-order valence-corrected chi connectivity index (χ4v) is 4.65. The van der Waals surface area contributed by atoms with Crippen LogP contribution in [0.2, 0.25) is 5.02 Å². The number of halogens is 1. The van der Waals surface area contributed by atoms with Crippen LogP contribution in [0.5, 0.6) is 5.75 Å². The van der Waals surface area contributed by atoms with Gasteiger partial charge in [0.05, 0.1) is 28.8 Å². The van der Waals surface area contributed by atoms with Crippen LogP contribution in [0, 0.1) is 6.92 Å². The van der Waals surface area contributed by atoms with Gasteiger partial charge >= 0.3 is 0 Å². The van der Waals surface area contributed by atoms with E-state index in [0.717, 1.165) is 29.7 Å². The Morgan fingerprint density at radius 3 is 2.77 bits per heavy atom. The highest BCUT2D eigenvalue weighted by atomic mass is 35.5. The predicted octanol–water partition coefficient (Wildman–Crippen LogP) is 4.26. The molecule has 0 unspecified atom stereocenters. The van der Waals surface area contributed by atoms with E-state index in [2.05, 4.69) is 22.5 Å². The number of aromatic nitrogens is 2. The molecule has 164 valence electrons. The zero-order valence-corrected chi connectivity index (χ0v) is 18.7. The first-order valence-electron chi connectivity index (χ1n) is 10.7. The zero-order valence-electron chi connectivity index (χ0n) is 18.0. The Morgan fingerprint density at radius 2 is 2.03 bits per heavy atom. The highest BCUT2D eigenvalue weighted by molar-refractivity contribution is 6.32. The molecule has 1 aliphatic rings. The molecule has 0 radical (unpaired) electrons.